The Hall–Kier alpha value is -1.43. The molecule has 0 aliphatic carbocycles. The summed E-state index contributed by atoms with van der Waals surface area (Å²) in [7, 11) is 0. The lowest BCUT2D eigenvalue weighted by molar-refractivity contribution is 0.0643. The molecule has 6 nitrogen and oxygen atoms in total. The average molecular weight is 223 g/mol. The lowest BCUT2D eigenvalue weighted by Crippen LogP contribution is -2.49. The fourth-order valence-electron chi connectivity index (χ4n) is 2.13. The molecule has 1 amide bonds. The van der Waals surface area contributed by atoms with Gasteiger partial charge in [-0.1, -0.05) is 13.3 Å². The quantitative estimate of drug-likeness (QED) is 0.739. The maximum Gasteiger partial charge on any atom is 0.276 e. The Morgan fingerprint density at radius 2 is 2.56 bits per heavy atom. The number of H-pyrrole nitrogens is 1. The Bertz CT molecular complexity index is 350. The van der Waals surface area contributed by atoms with E-state index in [4.69, 9.17) is 5.73 Å². The summed E-state index contributed by atoms with van der Waals surface area (Å²) in [5, 5.41) is 9.90. The van der Waals surface area contributed by atoms with Gasteiger partial charge in [0.15, 0.2) is 5.69 Å². The second-order valence-corrected chi connectivity index (χ2v) is 4.23. The predicted molar refractivity (Wildman–Crippen MR) is 58.7 cm³/mol. The third-order valence-electron chi connectivity index (χ3n) is 3.24. The molecule has 1 aromatic heterocycles. The van der Waals surface area contributed by atoms with Crippen LogP contribution in [0.1, 0.15) is 30.3 Å². The minimum Gasteiger partial charge on any atom is -0.337 e. The molecule has 0 radical (unpaired) electrons. The van der Waals surface area contributed by atoms with Gasteiger partial charge in [0.05, 0.1) is 6.20 Å². The zero-order valence-corrected chi connectivity index (χ0v) is 9.39. The van der Waals surface area contributed by atoms with Gasteiger partial charge in [0, 0.05) is 19.1 Å². The minimum absolute atomic E-state index is 0.0564. The molecule has 1 saturated heterocycles. The van der Waals surface area contributed by atoms with Gasteiger partial charge in [-0.25, -0.2) is 0 Å². The molecule has 3 N–H and O–H groups in total. The van der Waals surface area contributed by atoms with E-state index in [9.17, 15) is 4.79 Å². The third kappa shape index (κ3) is 2.06. The van der Waals surface area contributed by atoms with E-state index in [2.05, 4.69) is 22.3 Å². The molecule has 2 unspecified atom stereocenters. The number of carbonyl (C=O) groups excluding carboxylic acids is 1. The maximum absolute atomic E-state index is 12.0. The van der Waals surface area contributed by atoms with Crippen molar-refractivity contribution >= 4 is 5.91 Å². The lowest BCUT2D eigenvalue weighted by Gasteiger charge is -2.36. The standard InChI is InChI=1S/C10H17N5O/c1-2-7-6-15(4-3-8(7)11)10(16)9-5-12-14-13-9/h5,7-8H,2-4,6,11H2,1H3,(H,12,13,14). The summed E-state index contributed by atoms with van der Waals surface area (Å²) in [6.45, 7) is 3.54. The van der Waals surface area contributed by atoms with Crippen molar-refractivity contribution in [3.63, 3.8) is 0 Å². The van der Waals surface area contributed by atoms with Crippen LogP contribution in [0.15, 0.2) is 6.20 Å². The molecule has 1 fully saturated rings. The van der Waals surface area contributed by atoms with Crippen molar-refractivity contribution in [1.29, 1.82) is 0 Å². The molecule has 0 spiro atoms. The van der Waals surface area contributed by atoms with Gasteiger partial charge < -0.3 is 10.6 Å². The van der Waals surface area contributed by atoms with Crippen molar-refractivity contribution in [2.45, 2.75) is 25.8 Å². The summed E-state index contributed by atoms with van der Waals surface area (Å²) in [6, 6.07) is 0.214. The van der Waals surface area contributed by atoms with E-state index in [0.29, 0.717) is 18.2 Å². The lowest BCUT2D eigenvalue weighted by atomic mass is 9.90. The van der Waals surface area contributed by atoms with E-state index in [1.54, 1.807) is 0 Å². The molecular weight excluding hydrogens is 206 g/mol. The number of hydrogen-bond acceptors (Lipinski definition) is 4. The Morgan fingerprint density at radius 1 is 1.75 bits per heavy atom. The molecule has 88 valence electrons. The first-order valence-corrected chi connectivity index (χ1v) is 5.63. The van der Waals surface area contributed by atoms with Gasteiger partial charge in [-0.05, 0) is 12.3 Å². The van der Waals surface area contributed by atoms with Crippen LogP contribution in [0.3, 0.4) is 0 Å². The van der Waals surface area contributed by atoms with Gasteiger partial charge in [0.1, 0.15) is 0 Å². The molecule has 2 heterocycles. The van der Waals surface area contributed by atoms with Crippen LogP contribution in [0.5, 0.6) is 0 Å². The minimum atomic E-state index is -0.0564. The number of aromatic amines is 1. The van der Waals surface area contributed by atoms with Crippen molar-refractivity contribution < 1.29 is 4.79 Å². The van der Waals surface area contributed by atoms with Gasteiger partial charge >= 0.3 is 0 Å². The van der Waals surface area contributed by atoms with E-state index < -0.39 is 0 Å². The molecule has 1 aromatic rings. The number of piperidine rings is 1. The molecule has 16 heavy (non-hydrogen) atoms. The molecule has 6 heteroatoms. The zero-order valence-electron chi connectivity index (χ0n) is 9.39. The van der Waals surface area contributed by atoms with Crippen LogP contribution in [0, 0.1) is 5.92 Å². The van der Waals surface area contributed by atoms with Crippen molar-refractivity contribution in [3.8, 4) is 0 Å². The number of nitrogens with two attached hydrogens (primary N) is 1. The number of aromatic nitrogens is 3. The van der Waals surface area contributed by atoms with Crippen LogP contribution < -0.4 is 5.73 Å². The number of hydrogen-bond donors (Lipinski definition) is 2. The predicted octanol–water partition coefficient (Wildman–Crippen LogP) is 0.00410. The van der Waals surface area contributed by atoms with Gasteiger partial charge in [0.25, 0.3) is 5.91 Å². The summed E-state index contributed by atoms with van der Waals surface area (Å²) in [4.78, 5) is 13.8. The van der Waals surface area contributed by atoms with E-state index in [1.165, 1.54) is 6.20 Å². The van der Waals surface area contributed by atoms with Gasteiger partial charge in [-0.3, -0.25) is 4.79 Å². The molecule has 1 aliphatic heterocycles. The number of likely N-dealkylation sites (tertiary alicyclic amines) is 1. The van der Waals surface area contributed by atoms with Crippen molar-refractivity contribution in [2.75, 3.05) is 13.1 Å². The third-order valence-corrected chi connectivity index (χ3v) is 3.24. The zero-order chi connectivity index (χ0) is 11.5. The van der Waals surface area contributed by atoms with E-state index in [0.717, 1.165) is 19.4 Å². The highest BCUT2D eigenvalue weighted by Gasteiger charge is 2.29. The van der Waals surface area contributed by atoms with Gasteiger partial charge in [-0.2, -0.15) is 15.4 Å². The van der Waals surface area contributed by atoms with E-state index in [-0.39, 0.29) is 11.9 Å². The topological polar surface area (TPSA) is 87.9 Å². The summed E-state index contributed by atoms with van der Waals surface area (Å²) in [6.07, 6.45) is 3.32. The largest absolute Gasteiger partial charge is 0.337 e. The Balaban J connectivity index is 2.03. The van der Waals surface area contributed by atoms with E-state index >= 15 is 0 Å². The van der Waals surface area contributed by atoms with Crippen LogP contribution in [-0.2, 0) is 0 Å². The van der Waals surface area contributed by atoms with Crippen LogP contribution in [0.4, 0.5) is 0 Å². The van der Waals surface area contributed by atoms with Crippen molar-refractivity contribution in [3.05, 3.63) is 11.9 Å². The first kappa shape index (κ1) is 11.1. The summed E-state index contributed by atoms with van der Waals surface area (Å²) in [5.74, 6) is 0.337. The van der Waals surface area contributed by atoms with Gasteiger partial charge in [0.2, 0.25) is 0 Å². The molecular formula is C10H17N5O. The molecule has 2 atom stereocenters. The highest BCUT2D eigenvalue weighted by molar-refractivity contribution is 5.91. The molecule has 0 saturated carbocycles. The SMILES string of the molecule is CCC1CN(C(=O)c2cn[nH]n2)CCC1N. The fourth-order valence-corrected chi connectivity index (χ4v) is 2.13. The maximum atomic E-state index is 12.0. The normalized spacial score (nSPS) is 25.8. The highest BCUT2D eigenvalue weighted by Crippen LogP contribution is 2.19. The fraction of sp³-hybridized carbons (Fsp3) is 0.700. The summed E-state index contributed by atoms with van der Waals surface area (Å²) in [5.41, 5.74) is 6.38. The van der Waals surface area contributed by atoms with Crippen LogP contribution in [0.25, 0.3) is 0 Å². The second kappa shape index (κ2) is 4.61. The first-order valence-electron chi connectivity index (χ1n) is 5.63. The van der Waals surface area contributed by atoms with Crippen LogP contribution in [0.2, 0.25) is 0 Å². The second-order valence-electron chi connectivity index (χ2n) is 4.23. The number of carbonyl (C=O) groups is 1. The number of nitrogens with zero attached hydrogens (tertiary/aromatic N) is 3. The number of rotatable bonds is 2. The number of amides is 1. The number of nitrogens with one attached hydrogen (secondary N) is 1. The summed E-state index contributed by atoms with van der Waals surface area (Å²) >= 11 is 0. The Kier molecular flexibility index (Phi) is 3.19. The molecule has 0 aromatic carbocycles. The molecule has 2 rings (SSSR count). The monoisotopic (exact) mass is 223 g/mol. The van der Waals surface area contributed by atoms with Gasteiger partial charge in [-0.15, -0.1) is 0 Å². The van der Waals surface area contributed by atoms with Crippen LogP contribution in [-0.4, -0.2) is 45.3 Å². The molecule has 0 bridgehead atoms. The Morgan fingerprint density at radius 3 is 3.19 bits per heavy atom. The summed E-state index contributed by atoms with van der Waals surface area (Å²) < 4.78 is 0. The van der Waals surface area contributed by atoms with Crippen molar-refractivity contribution in [2.24, 2.45) is 11.7 Å². The molecule has 1 aliphatic rings. The first-order chi connectivity index (χ1) is 7.72. The van der Waals surface area contributed by atoms with Crippen molar-refractivity contribution in [1.82, 2.24) is 20.3 Å². The Labute approximate surface area is 94.2 Å². The van der Waals surface area contributed by atoms with Crippen LogP contribution >= 0.6 is 0 Å². The highest BCUT2D eigenvalue weighted by atomic mass is 16.2. The smallest absolute Gasteiger partial charge is 0.276 e. The van der Waals surface area contributed by atoms with E-state index in [1.807, 2.05) is 4.90 Å². The average Bonchev–Trinajstić information content (AvgIpc) is 2.82.